The Morgan fingerprint density at radius 2 is 2.00 bits per heavy atom. The van der Waals surface area contributed by atoms with Gasteiger partial charge in [-0.25, -0.2) is 4.39 Å². The van der Waals surface area contributed by atoms with Gasteiger partial charge in [0.15, 0.2) is 0 Å². The molecule has 0 amide bonds. The number of ketones is 1. The average molecular weight is 284 g/mol. The Morgan fingerprint density at radius 1 is 1.32 bits per heavy atom. The SMILES string of the molecule is NC1(CC(=O)Cc2cccc(Cl)c2F)CCCCC1. The first-order valence-corrected chi connectivity index (χ1v) is 7.11. The van der Waals surface area contributed by atoms with E-state index in [0.29, 0.717) is 12.0 Å². The molecule has 0 heterocycles. The van der Waals surface area contributed by atoms with E-state index >= 15 is 0 Å². The highest BCUT2D eigenvalue weighted by molar-refractivity contribution is 6.30. The molecule has 104 valence electrons. The van der Waals surface area contributed by atoms with Crippen LogP contribution in [-0.4, -0.2) is 11.3 Å². The molecule has 2 N–H and O–H groups in total. The fourth-order valence-electron chi connectivity index (χ4n) is 2.79. The Morgan fingerprint density at radius 3 is 2.68 bits per heavy atom. The van der Waals surface area contributed by atoms with Crippen LogP contribution < -0.4 is 5.73 Å². The molecular weight excluding hydrogens is 265 g/mol. The number of hydrogen-bond donors (Lipinski definition) is 1. The maximum atomic E-state index is 13.7. The summed E-state index contributed by atoms with van der Waals surface area (Å²) >= 11 is 5.71. The zero-order chi connectivity index (χ0) is 13.9. The van der Waals surface area contributed by atoms with Gasteiger partial charge >= 0.3 is 0 Å². The summed E-state index contributed by atoms with van der Waals surface area (Å²) in [5.74, 6) is -0.502. The van der Waals surface area contributed by atoms with Crippen LogP contribution >= 0.6 is 11.6 Å². The minimum absolute atomic E-state index is 0.00873. The number of rotatable bonds is 4. The third kappa shape index (κ3) is 3.77. The molecule has 1 saturated carbocycles. The van der Waals surface area contributed by atoms with E-state index < -0.39 is 5.82 Å². The summed E-state index contributed by atoms with van der Waals surface area (Å²) in [4.78, 5) is 12.1. The van der Waals surface area contributed by atoms with Crippen LogP contribution in [0.5, 0.6) is 0 Å². The van der Waals surface area contributed by atoms with E-state index in [2.05, 4.69) is 0 Å². The van der Waals surface area contributed by atoms with E-state index in [-0.39, 0.29) is 22.8 Å². The van der Waals surface area contributed by atoms with Crippen molar-refractivity contribution < 1.29 is 9.18 Å². The molecule has 19 heavy (non-hydrogen) atoms. The Balaban J connectivity index is 1.99. The summed E-state index contributed by atoms with van der Waals surface area (Å²) in [7, 11) is 0. The molecule has 0 bridgehead atoms. The summed E-state index contributed by atoms with van der Waals surface area (Å²) in [6.07, 6.45) is 5.53. The van der Waals surface area contributed by atoms with Gasteiger partial charge in [0.05, 0.1) is 5.02 Å². The molecule has 0 aliphatic heterocycles. The molecule has 0 saturated heterocycles. The van der Waals surface area contributed by atoms with E-state index in [0.717, 1.165) is 25.7 Å². The summed E-state index contributed by atoms with van der Waals surface area (Å²) in [5, 5.41) is 0.0606. The maximum absolute atomic E-state index is 13.7. The van der Waals surface area contributed by atoms with Crippen molar-refractivity contribution in [3.05, 3.63) is 34.6 Å². The Bertz CT molecular complexity index is 469. The number of carbonyl (C=O) groups excluding carboxylic acids is 1. The smallest absolute Gasteiger partial charge is 0.145 e. The summed E-state index contributed by atoms with van der Waals surface area (Å²) < 4.78 is 13.7. The molecule has 2 nitrogen and oxygen atoms in total. The van der Waals surface area contributed by atoms with Crippen molar-refractivity contribution in [1.29, 1.82) is 0 Å². The standard InChI is InChI=1S/C15H19ClFNO/c16-13-6-4-5-11(14(13)17)9-12(19)10-15(18)7-2-1-3-8-15/h4-6H,1-3,7-10,18H2. The normalized spacial score (nSPS) is 18.3. The Labute approximate surface area is 118 Å². The number of halogens is 2. The van der Waals surface area contributed by atoms with Crippen molar-refractivity contribution in [1.82, 2.24) is 0 Å². The average Bonchev–Trinajstić information content (AvgIpc) is 2.35. The van der Waals surface area contributed by atoms with Crippen molar-refractivity contribution >= 4 is 17.4 Å². The molecule has 0 radical (unpaired) electrons. The number of Topliss-reactive ketones (excluding diaryl/α,β-unsaturated/α-hetero) is 1. The molecule has 1 aliphatic rings. The second kappa shape index (κ2) is 6.02. The van der Waals surface area contributed by atoms with E-state index in [1.807, 2.05) is 0 Å². The lowest BCUT2D eigenvalue weighted by molar-refractivity contribution is -0.119. The molecule has 1 aromatic carbocycles. The molecule has 4 heteroatoms. The quantitative estimate of drug-likeness (QED) is 0.917. The van der Waals surface area contributed by atoms with Gasteiger partial charge < -0.3 is 5.73 Å². The predicted octanol–water partition coefficient (Wildman–Crippen LogP) is 3.64. The number of nitrogens with two attached hydrogens (primary N) is 1. The van der Waals surface area contributed by atoms with Gasteiger partial charge in [0, 0.05) is 18.4 Å². The van der Waals surface area contributed by atoms with Crippen molar-refractivity contribution in [3.8, 4) is 0 Å². The van der Waals surface area contributed by atoms with E-state index in [1.165, 1.54) is 12.5 Å². The summed E-state index contributed by atoms with van der Waals surface area (Å²) in [6.45, 7) is 0. The first-order chi connectivity index (χ1) is 9.00. The highest BCUT2D eigenvalue weighted by Crippen LogP contribution is 2.29. The molecular formula is C15H19ClFNO. The second-order valence-electron chi connectivity index (χ2n) is 5.53. The van der Waals surface area contributed by atoms with Crippen LogP contribution in [0.15, 0.2) is 18.2 Å². The molecule has 2 rings (SSSR count). The van der Waals surface area contributed by atoms with Crippen LogP contribution in [0.1, 0.15) is 44.1 Å². The summed E-state index contributed by atoms with van der Waals surface area (Å²) in [5.41, 5.74) is 6.21. The van der Waals surface area contributed by atoms with Gasteiger partial charge in [-0.2, -0.15) is 0 Å². The van der Waals surface area contributed by atoms with E-state index in [9.17, 15) is 9.18 Å². The highest BCUT2D eigenvalue weighted by atomic mass is 35.5. The monoisotopic (exact) mass is 283 g/mol. The first-order valence-electron chi connectivity index (χ1n) is 6.74. The van der Waals surface area contributed by atoms with Gasteiger partial charge in [0.25, 0.3) is 0 Å². The van der Waals surface area contributed by atoms with Crippen molar-refractivity contribution in [2.24, 2.45) is 5.73 Å². The Kier molecular flexibility index (Phi) is 4.58. The van der Waals surface area contributed by atoms with Gasteiger partial charge in [-0.1, -0.05) is 43.0 Å². The first kappa shape index (κ1) is 14.5. The lowest BCUT2D eigenvalue weighted by Gasteiger charge is -2.32. The van der Waals surface area contributed by atoms with Gasteiger partial charge in [0.1, 0.15) is 11.6 Å². The maximum Gasteiger partial charge on any atom is 0.145 e. The molecule has 1 aromatic rings. The third-order valence-corrected chi connectivity index (χ3v) is 4.11. The third-order valence-electron chi connectivity index (χ3n) is 3.82. The van der Waals surface area contributed by atoms with Crippen LogP contribution in [0.4, 0.5) is 4.39 Å². The lowest BCUT2D eigenvalue weighted by Crippen LogP contribution is -2.43. The largest absolute Gasteiger partial charge is 0.325 e. The van der Waals surface area contributed by atoms with Crippen molar-refractivity contribution in [2.75, 3.05) is 0 Å². The van der Waals surface area contributed by atoms with Crippen molar-refractivity contribution in [2.45, 2.75) is 50.5 Å². The Hall–Kier alpha value is -0.930. The van der Waals surface area contributed by atoms with Gasteiger partial charge in [-0.15, -0.1) is 0 Å². The highest BCUT2D eigenvalue weighted by Gasteiger charge is 2.30. The minimum atomic E-state index is -0.493. The molecule has 1 fully saturated rings. The molecule has 0 unspecified atom stereocenters. The lowest BCUT2D eigenvalue weighted by atomic mass is 9.78. The predicted molar refractivity (Wildman–Crippen MR) is 74.7 cm³/mol. The van der Waals surface area contributed by atoms with Crippen LogP contribution in [0.3, 0.4) is 0 Å². The minimum Gasteiger partial charge on any atom is -0.325 e. The fourth-order valence-corrected chi connectivity index (χ4v) is 2.98. The molecule has 0 aromatic heterocycles. The van der Waals surface area contributed by atoms with Gasteiger partial charge in [-0.05, 0) is 24.5 Å². The zero-order valence-electron chi connectivity index (χ0n) is 10.9. The topological polar surface area (TPSA) is 43.1 Å². The second-order valence-corrected chi connectivity index (χ2v) is 5.94. The van der Waals surface area contributed by atoms with Crippen molar-refractivity contribution in [3.63, 3.8) is 0 Å². The number of benzene rings is 1. The fraction of sp³-hybridized carbons (Fsp3) is 0.533. The van der Waals surface area contributed by atoms with Gasteiger partial charge in [-0.3, -0.25) is 4.79 Å². The number of carbonyl (C=O) groups is 1. The number of hydrogen-bond acceptors (Lipinski definition) is 2. The van der Waals surface area contributed by atoms with E-state index in [1.54, 1.807) is 12.1 Å². The molecule has 1 aliphatic carbocycles. The van der Waals surface area contributed by atoms with E-state index in [4.69, 9.17) is 17.3 Å². The van der Waals surface area contributed by atoms with Gasteiger partial charge in [0.2, 0.25) is 0 Å². The van der Waals surface area contributed by atoms with Crippen LogP contribution in [0, 0.1) is 5.82 Å². The molecule has 0 atom stereocenters. The summed E-state index contributed by atoms with van der Waals surface area (Å²) in [6, 6.07) is 4.74. The molecule has 0 spiro atoms. The van der Waals surface area contributed by atoms with Crippen LogP contribution in [0.2, 0.25) is 5.02 Å². The zero-order valence-corrected chi connectivity index (χ0v) is 11.7. The van der Waals surface area contributed by atoms with Crippen LogP contribution in [0.25, 0.3) is 0 Å². The van der Waals surface area contributed by atoms with Crippen LogP contribution in [-0.2, 0) is 11.2 Å².